The van der Waals surface area contributed by atoms with E-state index in [1.54, 1.807) is 18.9 Å². The molecular weight excluding hydrogens is 246 g/mol. The molecule has 0 amide bonds. The van der Waals surface area contributed by atoms with Crippen LogP contribution in [0.1, 0.15) is 11.4 Å². The second-order valence-corrected chi connectivity index (χ2v) is 4.04. The summed E-state index contributed by atoms with van der Waals surface area (Å²) in [5.41, 5.74) is 7.27. The summed E-state index contributed by atoms with van der Waals surface area (Å²) in [6, 6.07) is 3.74. The van der Waals surface area contributed by atoms with Crippen LogP contribution >= 0.6 is 0 Å². The average molecular weight is 263 g/mol. The predicted octanol–water partition coefficient (Wildman–Crippen LogP) is 0.489. The lowest BCUT2D eigenvalue weighted by atomic mass is 10.2. The summed E-state index contributed by atoms with van der Waals surface area (Å²) in [5.74, 6) is 2.13. The molecule has 1 aromatic carbocycles. The van der Waals surface area contributed by atoms with Crippen molar-refractivity contribution < 1.29 is 9.47 Å². The Balaban J connectivity index is 2.56. The normalized spacial score (nSPS) is 10.5. The van der Waals surface area contributed by atoms with Gasteiger partial charge in [-0.3, -0.25) is 0 Å². The summed E-state index contributed by atoms with van der Waals surface area (Å²) in [5, 5.41) is 11.6. The lowest BCUT2D eigenvalue weighted by Gasteiger charge is -2.13. The van der Waals surface area contributed by atoms with Crippen molar-refractivity contribution >= 4 is 0 Å². The molecule has 2 N–H and O–H groups in total. The van der Waals surface area contributed by atoms with Crippen LogP contribution in [0.3, 0.4) is 0 Å². The van der Waals surface area contributed by atoms with Gasteiger partial charge in [0.1, 0.15) is 17.2 Å². The Morgan fingerprint density at radius 1 is 1.21 bits per heavy atom. The molecule has 0 spiro atoms. The fourth-order valence-electron chi connectivity index (χ4n) is 1.88. The first-order chi connectivity index (χ1) is 9.21. The van der Waals surface area contributed by atoms with Gasteiger partial charge in [-0.05, 0) is 35.5 Å². The molecule has 0 radical (unpaired) electrons. The van der Waals surface area contributed by atoms with Gasteiger partial charge in [-0.1, -0.05) is 0 Å². The maximum atomic E-state index is 5.55. The van der Waals surface area contributed by atoms with Gasteiger partial charge in [-0.2, -0.15) is 4.68 Å². The lowest BCUT2D eigenvalue weighted by Crippen LogP contribution is -2.11. The van der Waals surface area contributed by atoms with Crippen molar-refractivity contribution in [1.29, 1.82) is 0 Å². The molecular formula is C12H17N5O2. The number of nitrogens with zero attached hydrogens (tertiary/aromatic N) is 4. The Hall–Kier alpha value is -2.15. The summed E-state index contributed by atoms with van der Waals surface area (Å²) < 4.78 is 12.3. The highest BCUT2D eigenvalue weighted by Crippen LogP contribution is 2.30. The minimum absolute atomic E-state index is 0.478. The zero-order valence-corrected chi connectivity index (χ0v) is 11.3. The average Bonchev–Trinajstić information content (AvgIpc) is 2.87. The topological polar surface area (TPSA) is 88.1 Å². The standard InChI is InChI=1S/C12H17N5O2/c1-8-6-11(19-3)9(7-10(8)18-2)17-12(4-5-13)14-15-16-17/h6-7H,4-5,13H2,1-3H3. The highest BCUT2D eigenvalue weighted by molar-refractivity contribution is 5.54. The number of tetrazole rings is 1. The first-order valence-corrected chi connectivity index (χ1v) is 5.91. The first kappa shape index (κ1) is 13.3. The van der Waals surface area contributed by atoms with Crippen LogP contribution in [0, 0.1) is 6.92 Å². The number of nitrogens with two attached hydrogens (primary N) is 1. The van der Waals surface area contributed by atoms with Crippen LogP contribution in [0.25, 0.3) is 5.69 Å². The molecule has 7 nitrogen and oxygen atoms in total. The van der Waals surface area contributed by atoms with E-state index in [1.807, 2.05) is 19.1 Å². The molecule has 1 heterocycles. The molecule has 1 aromatic heterocycles. The fraction of sp³-hybridized carbons (Fsp3) is 0.417. The van der Waals surface area contributed by atoms with E-state index in [9.17, 15) is 0 Å². The summed E-state index contributed by atoms with van der Waals surface area (Å²) in [6.07, 6.45) is 0.590. The van der Waals surface area contributed by atoms with Gasteiger partial charge in [0.2, 0.25) is 0 Å². The SMILES string of the molecule is COc1cc(-n2nnnc2CCN)c(OC)cc1C. The van der Waals surface area contributed by atoms with Gasteiger partial charge in [0.05, 0.1) is 14.2 Å². The van der Waals surface area contributed by atoms with Crippen LogP contribution in [-0.4, -0.2) is 41.0 Å². The molecule has 2 aromatic rings. The third-order valence-electron chi connectivity index (χ3n) is 2.83. The quantitative estimate of drug-likeness (QED) is 0.844. The van der Waals surface area contributed by atoms with Gasteiger partial charge in [-0.25, -0.2) is 0 Å². The number of benzene rings is 1. The molecule has 102 valence electrons. The van der Waals surface area contributed by atoms with Crippen molar-refractivity contribution in [3.63, 3.8) is 0 Å². The van der Waals surface area contributed by atoms with Crippen LogP contribution in [-0.2, 0) is 6.42 Å². The first-order valence-electron chi connectivity index (χ1n) is 5.91. The maximum Gasteiger partial charge on any atom is 0.158 e. The summed E-state index contributed by atoms with van der Waals surface area (Å²) in [6.45, 7) is 2.43. The number of aryl methyl sites for hydroxylation is 1. The number of methoxy groups -OCH3 is 2. The monoisotopic (exact) mass is 263 g/mol. The Kier molecular flexibility index (Phi) is 3.96. The van der Waals surface area contributed by atoms with Crippen LogP contribution in [0.15, 0.2) is 12.1 Å². The number of aromatic nitrogens is 4. The van der Waals surface area contributed by atoms with E-state index >= 15 is 0 Å². The van der Waals surface area contributed by atoms with Crippen LogP contribution in [0.5, 0.6) is 11.5 Å². The summed E-state index contributed by atoms with van der Waals surface area (Å²) >= 11 is 0. The van der Waals surface area contributed by atoms with E-state index in [0.29, 0.717) is 24.5 Å². The third-order valence-corrected chi connectivity index (χ3v) is 2.83. The Labute approximate surface area is 111 Å². The van der Waals surface area contributed by atoms with E-state index in [-0.39, 0.29) is 0 Å². The van der Waals surface area contributed by atoms with E-state index in [2.05, 4.69) is 15.5 Å². The minimum Gasteiger partial charge on any atom is -0.496 e. The van der Waals surface area contributed by atoms with Gasteiger partial charge < -0.3 is 15.2 Å². The zero-order chi connectivity index (χ0) is 13.8. The molecule has 2 rings (SSSR count). The second kappa shape index (κ2) is 5.66. The largest absolute Gasteiger partial charge is 0.496 e. The van der Waals surface area contributed by atoms with Crippen molar-refractivity contribution in [2.24, 2.45) is 5.73 Å². The van der Waals surface area contributed by atoms with E-state index < -0.39 is 0 Å². The van der Waals surface area contributed by atoms with Gasteiger partial charge in [0.25, 0.3) is 0 Å². The Bertz CT molecular complexity index is 567. The van der Waals surface area contributed by atoms with Crippen molar-refractivity contribution in [1.82, 2.24) is 20.2 Å². The van der Waals surface area contributed by atoms with Crippen molar-refractivity contribution in [2.75, 3.05) is 20.8 Å². The molecule has 0 fully saturated rings. The zero-order valence-electron chi connectivity index (χ0n) is 11.3. The minimum atomic E-state index is 0.478. The Morgan fingerprint density at radius 2 is 1.95 bits per heavy atom. The second-order valence-electron chi connectivity index (χ2n) is 4.04. The molecule has 0 aliphatic rings. The van der Waals surface area contributed by atoms with Crippen LogP contribution in [0.4, 0.5) is 0 Å². The number of hydrogen-bond donors (Lipinski definition) is 1. The van der Waals surface area contributed by atoms with E-state index in [4.69, 9.17) is 15.2 Å². The van der Waals surface area contributed by atoms with E-state index in [0.717, 1.165) is 17.0 Å². The lowest BCUT2D eigenvalue weighted by molar-refractivity contribution is 0.397. The number of rotatable bonds is 5. The molecule has 0 atom stereocenters. The summed E-state index contributed by atoms with van der Waals surface area (Å²) in [4.78, 5) is 0. The van der Waals surface area contributed by atoms with Gasteiger partial charge >= 0.3 is 0 Å². The highest BCUT2D eigenvalue weighted by atomic mass is 16.5. The van der Waals surface area contributed by atoms with Gasteiger partial charge in [0, 0.05) is 12.5 Å². The van der Waals surface area contributed by atoms with Crippen molar-refractivity contribution in [3.05, 3.63) is 23.5 Å². The maximum absolute atomic E-state index is 5.55. The van der Waals surface area contributed by atoms with Crippen LogP contribution in [0.2, 0.25) is 0 Å². The molecule has 0 saturated carbocycles. The van der Waals surface area contributed by atoms with Gasteiger partial charge in [0.15, 0.2) is 5.82 Å². The smallest absolute Gasteiger partial charge is 0.158 e. The van der Waals surface area contributed by atoms with Crippen molar-refractivity contribution in [2.45, 2.75) is 13.3 Å². The van der Waals surface area contributed by atoms with Crippen molar-refractivity contribution in [3.8, 4) is 17.2 Å². The van der Waals surface area contributed by atoms with Crippen LogP contribution < -0.4 is 15.2 Å². The number of ether oxygens (including phenoxy) is 2. The fourth-order valence-corrected chi connectivity index (χ4v) is 1.88. The third kappa shape index (κ3) is 2.50. The van der Waals surface area contributed by atoms with Gasteiger partial charge in [-0.15, -0.1) is 5.10 Å². The highest BCUT2D eigenvalue weighted by Gasteiger charge is 2.15. The molecule has 19 heavy (non-hydrogen) atoms. The molecule has 0 unspecified atom stereocenters. The Morgan fingerprint density at radius 3 is 2.58 bits per heavy atom. The molecule has 7 heteroatoms. The molecule has 0 saturated heterocycles. The molecule has 0 bridgehead atoms. The summed E-state index contributed by atoms with van der Waals surface area (Å²) in [7, 11) is 3.23. The predicted molar refractivity (Wildman–Crippen MR) is 69.8 cm³/mol. The van der Waals surface area contributed by atoms with E-state index in [1.165, 1.54) is 0 Å². The molecule has 0 aliphatic carbocycles. The number of hydrogen-bond acceptors (Lipinski definition) is 6. The molecule has 0 aliphatic heterocycles.